The maximum Gasteiger partial charge on any atom is 0.370 e. The van der Waals surface area contributed by atoms with Gasteiger partial charge in [-0.3, -0.25) is 4.79 Å². The molecule has 1 heterocycles. The molecule has 0 unspecified atom stereocenters. The van der Waals surface area contributed by atoms with E-state index >= 15 is 0 Å². The van der Waals surface area contributed by atoms with Crippen molar-refractivity contribution in [1.82, 2.24) is 5.32 Å². The highest BCUT2D eigenvalue weighted by molar-refractivity contribution is 5.85. The van der Waals surface area contributed by atoms with Crippen LogP contribution in [0.15, 0.2) is 29.2 Å². The number of guanidine groups is 1. The zero-order valence-electron chi connectivity index (χ0n) is 19.4. The van der Waals surface area contributed by atoms with Gasteiger partial charge in [0.05, 0.1) is 24.8 Å². The SMILES string of the molecule is C=C(CCCC[C@@H](O)[C@@H](OC)[C@@H]1OC(C(=O)O)=C[C@H](N=C(N)N)[C@H]1NC(C)=O)OOCCC. The Labute approximate surface area is 193 Å². The number of amides is 1. The van der Waals surface area contributed by atoms with E-state index in [-0.39, 0.29) is 5.96 Å². The zero-order valence-corrected chi connectivity index (χ0v) is 19.4. The van der Waals surface area contributed by atoms with E-state index in [1.54, 1.807) is 0 Å². The molecule has 1 rings (SSSR count). The summed E-state index contributed by atoms with van der Waals surface area (Å²) in [7, 11) is 1.36. The summed E-state index contributed by atoms with van der Waals surface area (Å²) >= 11 is 0. The van der Waals surface area contributed by atoms with Crippen molar-refractivity contribution in [2.45, 2.75) is 76.3 Å². The third-order valence-electron chi connectivity index (χ3n) is 4.83. The second-order valence-electron chi connectivity index (χ2n) is 7.65. The number of carbonyl (C=O) groups is 2. The van der Waals surface area contributed by atoms with Crippen LogP contribution in [0.5, 0.6) is 0 Å². The van der Waals surface area contributed by atoms with Crippen LogP contribution in [0.4, 0.5) is 0 Å². The highest BCUT2D eigenvalue weighted by Gasteiger charge is 2.44. The number of aliphatic hydroxyl groups excluding tert-OH is 1. The lowest BCUT2D eigenvalue weighted by Gasteiger charge is -2.40. The van der Waals surface area contributed by atoms with Crippen molar-refractivity contribution in [2.75, 3.05) is 13.7 Å². The second-order valence-corrected chi connectivity index (χ2v) is 7.65. The molecular weight excluding hydrogens is 436 g/mol. The van der Waals surface area contributed by atoms with Crippen LogP contribution in [-0.2, 0) is 28.8 Å². The van der Waals surface area contributed by atoms with Crippen LogP contribution < -0.4 is 16.8 Å². The molecule has 0 bridgehead atoms. The van der Waals surface area contributed by atoms with Crippen LogP contribution in [0.1, 0.15) is 46.0 Å². The second kappa shape index (κ2) is 14.3. The number of aliphatic hydroxyl groups is 1. The first kappa shape index (κ1) is 28.2. The van der Waals surface area contributed by atoms with Gasteiger partial charge in [0.15, 0.2) is 12.1 Å². The monoisotopic (exact) mass is 472 g/mol. The van der Waals surface area contributed by atoms with Gasteiger partial charge in [-0.05, 0) is 25.3 Å². The number of hydrogen-bond acceptors (Lipinski definition) is 8. The molecule has 0 radical (unpaired) electrons. The number of nitrogens with zero attached hydrogens (tertiary/aromatic N) is 1. The van der Waals surface area contributed by atoms with Gasteiger partial charge >= 0.3 is 5.97 Å². The Bertz CT molecular complexity index is 723. The van der Waals surface area contributed by atoms with E-state index in [0.717, 1.165) is 6.42 Å². The number of aliphatic carboxylic acids is 1. The number of hydrogen-bond donors (Lipinski definition) is 5. The zero-order chi connectivity index (χ0) is 25.0. The molecule has 33 heavy (non-hydrogen) atoms. The lowest BCUT2D eigenvalue weighted by Crippen LogP contribution is -2.59. The number of allylic oxidation sites excluding steroid dienone is 1. The molecule has 188 valence electrons. The van der Waals surface area contributed by atoms with Gasteiger partial charge in [0, 0.05) is 20.5 Å². The van der Waals surface area contributed by atoms with Gasteiger partial charge in [0.1, 0.15) is 11.9 Å². The van der Waals surface area contributed by atoms with E-state index in [2.05, 4.69) is 16.9 Å². The van der Waals surface area contributed by atoms with Crippen molar-refractivity contribution < 1.29 is 39.1 Å². The van der Waals surface area contributed by atoms with Gasteiger partial charge in [-0.25, -0.2) is 9.79 Å². The third-order valence-corrected chi connectivity index (χ3v) is 4.83. The molecule has 12 nitrogen and oxygen atoms in total. The molecule has 0 saturated carbocycles. The van der Waals surface area contributed by atoms with Crippen molar-refractivity contribution in [3.63, 3.8) is 0 Å². The van der Waals surface area contributed by atoms with E-state index in [1.807, 2.05) is 6.92 Å². The Hall–Kier alpha value is -2.83. The number of methoxy groups -OCH3 is 1. The van der Waals surface area contributed by atoms with E-state index < -0.39 is 48.0 Å². The van der Waals surface area contributed by atoms with E-state index in [0.29, 0.717) is 38.0 Å². The Balaban J connectivity index is 2.90. The molecule has 0 aromatic carbocycles. The summed E-state index contributed by atoms with van der Waals surface area (Å²) in [5.74, 6) is -1.97. The van der Waals surface area contributed by atoms with Crippen LogP contribution in [0, 0.1) is 0 Å². The average molecular weight is 473 g/mol. The summed E-state index contributed by atoms with van der Waals surface area (Å²) in [6.45, 7) is 7.49. The molecule has 0 aromatic rings. The number of carbonyl (C=O) groups excluding carboxylic acids is 1. The minimum absolute atomic E-state index is 0.295. The maximum absolute atomic E-state index is 11.8. The van der Waals surface area contributed by atoms with Crippen molar-refractivity contribution in [2.24, 2.45) is 16.5 Å². The van der Waals surface area contributed by atoms with Gasteiger partial charge in [-0.15, -0.1) is 0 Å². The van der Waals surface area contributed by atoms with Crippen molar-refractivity contribution in [3.8, 4) is 0 Å². The lowest BCUT2D eigenvalue weighted by atomic mass is 9.90. The van der Waals surface area contributed by atoms with E-state index in [9.17, 15) is 19.8 Å². The molecule has 1 aliphatic rings. The summed E-state index contributed by atoms with van der Waals surface area (Å²) < 4.78 is 11.1. The summed E-state index contributed by atoms with van der Waals surface area (Å²) in [6, 6.07) is -1.81. The van der Waals surface area contributed by atoms with Crippen LogP contribution in [0.2, 0.25) is 0 Å². The Kier molecular flexibility index (Phi) is 12.3. The largest absolute Gasteiger partial charge is 0.478 e. The Morgan fingerprint density at radius 3 is 2.61 bits per heavy atom. The molecule has 0 fully saturated rings. The molecule has 0 aromatic heterocycles. The average Bonchev–Trinajstić information content (AvgIpc) is 2.73. The van der Waals surface area contributed by atoms with E-state index in [1.165, 1.54) is 20.1 Å². The normalized spacial score (nSPS) is 21.7. The van der Waals surface area contributed by atoms with Crippen LogP contribution in [0.25, 0.3) is 0 Å². The summed E-state index contributed by atoms with van der Waals surface area (Å²) in [6.07, 6.45) is 1.05. The number of rotatable bonds is 15. The number of nitrogens with one attached hydrogen (secondary N) is 1. The van der Waals surface area contributed by atoms with Crippen LogP contribution >= 0.6 is 0 Å². The van der Waals surface area contributed by atoms with Crippen molar-refractivity contribution >= 4 is 17.8 Å². The number of carboxylic acid groups (broad SMARTS) is 1. The first-order valence-electron chi connectivity index (χ1n) is 10.8. The molecule has 0 aliphatic carbocycles. The van der Waals surface area contributed by atoms with Crippen molar-refractivity contribution in [3.05, 3.63) is 24.2 Å². The lowest BCUT2D eigenvalue weighted by molar-refractivity contribution is -0.263. The summed E-state index contributed by atoms with van der Waals surface area (Å²) in [4.78, 5) is 37.4. The van der Waals surface area contributed by atoms with Crippen LogP contribution in [-0.4, -0.2) is 72.2 Å². The van der Waals surface area contributed by atoms with Gasteiger partial charge in [0.25, 0.3) is 0 Å². The van der Waals surface area contributed by atoms with Crippen molar-refractivity contribution in [1.29, 1.82) is 0 Å². The standard InChI is InChI=1S/C21H36N4O8/c1-5-10-31-33-12(2)8-6-7-9-15(27)18(30-4)19-17(24-13(3)26)14(25-21(22)23)11-16(32-19)20(28)29/h11,14-15,17-19,27H,2,5-10H2,1,3-4H3,(H,24,26)(H,28,29)(H4,22,23,25)/t14-,15+,17+,18+,19+/m0/s1. The van der Waals surface area contributed by atoms with E-state index in [4.69, 9.17) is 30.7 Å². The molecule has 0 saturated heterocycles. The predicted molar refractivity (Wildman–Crippen MR) is 120 cm³/mol. The van der Waals surface area contributed by atoms with Gasteiger partial charge in [0.2, 0.25) is 11.7 Å². The third kappa shape index (κ3) is 9.68. The fourth-order valence-corrected chi connectivity index (χ4v) is 3.40. The summed E-state index contributed by atoms with van der Waals surface area (Å²) in [5.41, 5.74) is 11.0. The fourth-order valence-electron chi connectivity index (χ4n) is 3.40. The van der Waals surface area contributed by atoms with Gasteiger partial charge in [-0.2, -0.15) is 4.89 Å². The highest BCUT2D eigenvalue weighted by Crippen LogP contribution is 2.27. The first-order chi connectivity index (χ1) is 15.6. The minimum atomic E-state index is -1.34. The maximum atomic E-state index is 11.8. The minimum Gasteiger partial charge on any atom is -0.478 e. The number of ether oxygens (including phenoxy) is 2. The molecule has 7 N–H and O–H groups in total. The number of aliphatic imine (C=N–C) groups is 1. The number of unbranched alkanes of at least 4 members (excludes halogenated alkanes) is 1. The number of carboxylic acids is 1. The fraction of sp³-hybridized carbons (Fsp3) is 0.667. The number of nitrogens with two attached hydrogens (primary N) is 2. The van der Waals surface area contributed by atoms with Gasteiger partial charge < -0.3 is 41.4 Å². The molecule has 1 amide bonds. The molecule has 1 aliphatic heterocycles. The van der Waals surface area contributed by atoms with Gasteiger partial charge in [-0.1, -0.05) is 19.9 Å². The molecule has 12 heteroatoms. The first-order valence-corrected chi connectivity index (χ1v) is 10.8. The molecule has 0 spiro atoms. The van der Waals surface area contributed by atoms with Crippen LogP contribution in [0.3, 0.4) is 0 Å². The highest BCUT2D eigenvalue weighted by atomic mass is 17.2. The smallest absolute Gasteiger partial charge is 0.370 e. The quantitative estimate of drug-likeness (QED) is 0.0554. The molecular formula is C21H36N4O8. The predicted octanol–water partition coefficient (Wildman–Crippen LogP) is 0.309. The summed E-state index contributed by atoms with van der Waals surface area (Å²) in [5, 5.41) is 22.9. The Morgan fingerprint density at radius 2 is 2.06 bits per heavy atom. The topological polar surface area (TPSA) is 188 Å². The molecule has 5 atom stereocenters. The Morgan fingerprint density at radius 1 is 1.36 bits per heavy atom.